The van der Waals surface area contributed by atoms with Gasteiger partial charge in [-0.05, 0) is 23.4 Å². The predicted octanol–water partition coefficient (Wildman–Crippen LogP) is 1.62. The smallest absolute Gasteiger partial charge is 0.243 e. The third kappa shape index (κ3) is 2.27. The Morgan fingerprint density at radius 1 is 1.60 bits per heavy atom. The molecule has 6 heteroatoms. The van der Waals surface area contributed by atoms with Crippen LogP contribution in [0.15, 0.2) is 11.4 Å². The van der Waals surface area contributed by atoms with Crippen LogP contribution in [-0.2, 0) is 13.0 Å². The Bertz CT molecular complexity index is 433. The van der Waals surface area contributed by atoms with Crippen LogP contribution in [0.2, 0.25) is 0 Å². The summed E-state index contributed by atoms with van der Waals surface area (Å²) < 4.78 is 0. The standard InChI is InChI=1S/C9H13N5S/c1-2-6-3-4-15-7(6)5-11-9-12-8(10)13-14-9/h3-4H,2,5H2,1H3,(H4,10,11,12,13,14). The molecule has 0 unspecified atom stereocenters. The summed E-state index contributed by atoms with van der Waals surface area (Å²) in [6, 6.07) is 2.15. The van der Waals surface area contributed by atoms with E-state index in [9.17, 15) is 0 Å². The van der Waals surface area contributed by atoms with Crippen molar-refractivity contribution in [3.05, 3.63) is 21.9 Å². The normalized spacial score (nSPS) is 10.5. The molecule has 0 saturated heterocycles. The van der Waals surface area contributed by atoms with E-state index in [1.54, 1.807) is 11.3 Å². The van der Waals surface area contributed by atoms with Gasteiger partial charge in [0.05, 0.1) is 6.54 Å². The van der Waals surface area contributed by atoms with Crippen molar-refractivity contribution in [3.8, 4) is 0 Å². The molecule has 2 aromatic rings. The summed E-state index contributed by atoms with van der Waals surface area (Å²) in [7, 11) is 0. The molecule has 0 bridgehead atoms. The lowest BCUT2D eigenvalue weighted by molar-refractivity contribution is 1.03. The Kier molecular flexibility index (Phi) is 2.86. The van der Waals surface area contributed by atoms with E-state index in [0.29, 0.717) is 11.9 Å². The average Bonchev–Trinajstić information content (AvgIpc) is 2.83. The first-order chi connectivity index (χ1) is 7.29. The van der Waals surface area contributed by atoms with Crippen LogP contribution in [0.3, 0.4) is 0 Å². The minimum absolute atomic E-state index is 0.333. The number of hydrogen-bond acceptors (Lipinski definition) is 5. The maximum absolute atomic E-state index is 5.42. The van der Waals surface area contributed by atoms with Crippen molar-refractivity contribution in [2.75, 3.05) is 11.1 Å². The van der Waals surface area contributed by atoms with Crippen LogP contribution in [0, 0.1) is 0 Å². The van der Waals surface area contributed by atoms with E-state index in [2.05, 4.69) is 38.9 Å². The highest BCUT2D eigenvalue weighted by Gasteiger charge is 2.04. The predicted molar refractivity (Wildman–Crippen MR) is 61.8 cm³/mol. The molecule has 0 saturated carbocycles. The molecule has 0 amide bonds. The quantitative estimate of drug-likeness (QED) is 0.736. The van der Waals surface area contributed by atoms with E-state index in [1.807, 2.05) is 0 Å². The second-order valence-corrected chi connectivity index (χ2v) is 4.12. The minimum Gasteiger partial charge on any atom is -0.368 e. The van der Waals surface area contributed by atoms with Crippen LogP contribution >= 0.6 is 11.3 Å². The molecule has 0 aromatic carbocycles. The summed E-state index contributed by atoms with van der Waals surface area (Å²) >= 11 is 1.74. The van der Waals surface area contributed by atoms with E-state index >= 15 is 0 Å². The average molecular weight is 223 g/mol. The molecule has 15 heavy (non-hydrogen) atoms. The number of aryl methyl sites for hydroxylation is 1. The number of nitrogens with one attached hydrogen (secondary N) is 2. The molecule has 2 rings (SSSR count). The first-order valence-corrected chi connectivity index (χ1v) is 5.64. The minimum atomic E-state index is 0.333. The van der Waals surface area contributed by atoms with E-state index < -0.39 is 0 Å². The molecule has 2 aromatic heterocycles. The highest BCUT2D eigenvalue weighted by molar-refractivity contribution is 7.10. The molecule has 4 N–H and O–H groups in total. The van der Waals surface area contributed by atoms with Crippen LogP contribution in [0.4, 0.5) is 11.9 Å². The Labute approximate surface area is 91.7 Å². The van der Waals surface area contributed by atoms with Crippen molar-refractivity contribution in [1.29, 1.82) is 0 Å². The van der Waals surface area contributed by atoms with Gasteiger partial charge in [0.25, 0.3) is 0 Å². The lowest BCUT2D eigenvalue weighted by Gasteiger charge is -2.01. The van der Waals surface area contributed by atoms with Crippen LogP contribution in [0.5, 0.6) is 0 Å². The number of hydrogen-bond donors (Lipinski definition) is 3. The third-order valence-electron chi connectivity index (χ3n) is 2.13. The fourth-order valence-corrected chi connectivity index (χ4v) is 2.27. The van der Waals surface area contributed by atoms with Gasteiger partial charge in [-0.3, -0.25) is 0 Å². The molecule has 0 aliphatic heterocycles. The van der Waals surface area contributed by atoms with Crippen LogP contribution in [0.1, 0.15) is 17.4 Å². The Morgan fingerprint density at radius 2 is 2.47 bits per heavy atom. The zero-order valence-electron chi connectivity index (χ0n) is 8.45. The summed E-state index contributed by atoms with van der Waals surface area (Å²) in [6.07, 6.45) is 1.05. The van der Waals surface area contributed by atoms with Gasteiger partial charge in [0.15, 0.2) is 0 Å². The molecule has 80 valence electrons. The van der Waals surface area contributed by atoms with Gasteiger partial charge in [0, 0.05) is 4.88 Å². The Hall–Kier alpha value is -1.56. The largest absolute Gasteiger partial charge is 0.368 e. The number of thiophene rings is 1. The van der Waals surface area contributed by atoms with Gasteiger partial charge in [-0.15, -0.1) is 16.4 Å². The van der Waals surface area contributed by atoms with Gasteiger partial charge >= 0.3 is 0 Å². The zero-order valence-corrected chi connectivity index (χ0v) is 9.27. The van der Waals surface area contributed by atoms with Crippen molar-refractivity contribution in [2.24, 2.45) is 0 Å². The van der Waals surface area contributed by atoms with Crippen molar-refractivity contribution in [1.82, 2.24) is 15.2 Å². The molecule has 0 spiro atoms. The second-order valence-electron chi connectivity index (χ2n) is 3.12. The molecule has 0 radical (unpaired) electrons. The number of aromatic nitrogens is 3. The lowest BCUT2D eigenvalue weighted by atomic mass is 10.2. The van der Waals surface area contributed by atoms with Crippen molar-refractivity contribution in [3.63, 3.8) is 0 Å². The van der Waals surface area contributed by atoms with E-state index in [4.69, 9.17) is 5.73 Å². The first-order valence-electron chi connectivity index (χ1n) is 4.76. The van der Waals surface area contributed by atoms with Gasteiger partial charge in [0.1, 0.15) is 0 Å². The molecule has 2 heterocycles. The molecule has 0 aliphatic carbocycles. The summed E-state index contributed by atoms with van der Waals surface area (Å²) in [5, 5.41) is 11.7. The summed E-state index contributed by atoms with van der Waals surface area (Å²) in [4.78, 5) is 5.29. The SMILES string of the molecule is CCc1ccsc1CNc1n[nH]c(N)n1. The van der Waals surface area contributed by atoms with Crippen molar-refractivity contribution < 1.29 is 0 Å². The number of H-pyrrole nitrogens is 1. The third-order valence-corrected chi connectivity index (χ3v) is 3.09. The highest BCUT2D eigenvalue weighted by atomic mass is 32.1. The number of nitrogen functional groups attached to an aromatic ring is 1. The molecule has 5 nitrogen and oxygen atoms in total. The fourth-order valence-electron chi connectivity index (χ4n) is 1.35. The number of rotatable bonds is 4. The molecular weight excluding hydrogens is 210 g/mol. The zero-order chi connectivity index (χ0) is 10.7. The molecule has 0 fully saturated rings. The Balaban J connectivity index is 1.98. The number of nitrogens with two attached hydrogens (primary N) is 1. The van der Waals surface area contributed by atoms with E-state index in [-0.39, 0.29) is 0 Å². The van der Waals surface area contributed by atoms with E-state index in [0.717, 1.165) is 13.0 Å². The molecular formula is C9H13N5S. The van der Waals surface area contributed by atoms with Crippen LogP contribution in [-0.4, -0.2) is 15.2 Å². The number of aromatic amines is 1. The highest BCUT2D eigenvalue weighted by Crippen LogP contribution is 2.18. The summed E-state index contributed by atoms with van der Waals surface area (Å²) in [6.45, 7) is 2.90. The second kappa shape index (κ2) is 4.31. The van der Waals surface area contributed by atoms with E-state index in [1.165, 1.54) is 10.4 Å². The number of anilines is 2. The topological polar surface area (TPSA) is 79.6 Å². The molecule has 0 atom stereocenters. The van der Waals surface area contributed by atoms with Gasteiger partial charge in [-0.2, -0.15) is 4.98 Å². The first kappa shape index (κ1) is 9.97. The summed E-state index contributed by atoms with van der Waals surface area (Å²) in [5.74, 6) is 0.877. The van der Waals surface area contributed by atoms with Crippen LogP contribution in [0.25, 0.3) is 0 Å². The monoisotopic (exact) mass is 223 g/mol. The Morgan fingerprint density at radius 3 is 3.13 bits per heavy atom. The van der Waals surface area contributed by atoms with Crippen LogP contribution < -0.4 is 11.1 Å². The fraction of sp³-hybridized carbons (Fsp3) is 0.333. The molecule has 0 aliphatic rings. The van der Waals surface area contributed by atoms with Gasteiger partial charge in [-0.25, -0.2) is 5.10 Å². The maximum atomic E-state index is 5.42. The van der Waals surface area contributed by atoms with Crippen molar-refractivity contribution >= 4 is 23.2 Å². The maximum Gasteiger partial charge on any atom is 0.243 e. The number of nitrogens with zero attached hydrogens (tertiary/aromatic N) is 2. The van der Waals surface area contributed by atoms with Crippen molar-refractivity contribution in [2.45, 2.75) is 19.9 Å². The van der Waals surface area contributed by atoms with Gasteiger partial charge < -0.3 is 11.1 Å². The lowest BCUT2D eigenvalue weighted by Crippen LogP contribution is -2.01. The van der Waals surface area contributed by atoms with Gasteiger partial charge in [-0.1, -0.05) is 6.92 Å². The van der Waals surface area contributed by atoms with Gasteiger partial charge in [0.2, 0.25) is 11.9 Å². The summed E-state index contributed by atoms with van der Waals surface area (Å²) in [5.41, 5.74) is 6.79.